The van der Waals surface area contributed by atoms with Gasteiger partial charge in [0.05, 0.1) is 16.6 Å². The van der Waals surface area contributed by atoms with Crippen LogP contribution in [0.25, 0.3) is 32.9 Å². The number of pyridine rings is 1. The molecule has 0 aliphatic rings. The molecule has 0 atom stereocenters. The Kier molecular flexibility index (Phi) is 4.49. The van der Waals surface area contributed by atoms with Crippen LogP contribution in [0.4, 0.5) is 0 Å². The fraction of sp³-hybridized carbons (Fsp3) is 0.0870. The lowest BCUT2D eigenvalue weighted by atomic mass is 9.91. The van der Waals surface area contributed by atoms with Crippen molar-refractivity contribution in [1.82, 2.24) is 4.98 Å². The zero-order valence-corrected chi connectivity index (χ0v) is 14.9. The molecule has 4 rings (SSSR count). The summed E-state index contributed by atoms with van der Waals surface area (Å²) in [5, 5.41) is 20.2. The monoisotopic (exact) mass is 371 g/mol. The molecule has 0 bridgehead atoms. The first kappa shape index (κ1) is 17.7. The average Bonchev–Trinajstić information content (AvgIpc) is 2.70. The molecule has 4 aromatic rings. The summed E-state index contributed by atoms with van der Waals surface area (Å²) in [4.78, 5) is 28.1. The van der Waals surface area contributed by atoms with E-state index in [1.807, 2.05) is 48.5 Å². The van der Waals surface area contributed by atoms with Crippen LogP contribution in [0.3, 0.4) is 0 Å². The molecular formula is C23H17NO4. The van der Waals surface area contributed by atoms with Gasteiger partial charge < -0.3 is 10.2 Å². The number of carboxylic acid groups (broad SMARTS) is 2. The molecule has 5 nitrogen and oxygen atoms in total. The molecule has 5 heteroatoms. The first-order chi connectivity index (χ1) is 13.6. The van der Waals surface area contributed by atoms with Crippen LogP contribution < -0.4 is 0 Å². The van der Waals surface area contributed by atoms with E-state index in [0.29, 0.717) is 21.8 Å². The van der Waals surface area contributed by atoms with E-state index in [1.54, 1.807) is 18.2 Å². The van der Waals surface area contributed by atoms with E-state index in [4.69, 9.17) is 10.1 Å². The van der Waals surface area contributed by atoms with E-state index >= 15 is 0 Å². The van der Waals surface area contributed by atoms with Crippen LogP contribution in [0, 0.1) is 0 Å². The molecule has 3 aromatic carbocycles. The second-order valence-corrected chi connectivity index (χ2v) is 6.56. The van der Waals surface area contributed by atoms with Gasteiger partial charge in [-0.25, -0.2) is 9.78 Å². The van der Waals surface area contributed by atoms with Crippen molar-refractivity contribution in [3.05, 3.63) is 77.9 Å². The predicted molar refractivity (Wildman–Crippen MR) is 108 cm³/mol. The molecule has 1 aromatic heterocycles. The fourth-order valence-corrected chi connectivity index (χ4v) is 3.58. The van der Waals surface area contributed by atoms with Gasteiger partial charge in [-0.05, 0) is 29.2 Å². The largest absolute Gasteiger partial charge is 0.481 e. The Labute approximate surface area is 160 Å². The van der Waals surface area contributed by atoms with E-state index in [-0.39, 0.29) is 18.4 Å². The van der Waals surface area contributed by atoms with Gasteiger partial charge in [0, 0.05) is 17.2 Å². The SMILES string of the molecule is O=C(O)CCc1ccc(-c2ccccc2)c2c(C(=O)O)c3ccccc3nc12. The normalized spacial score (nSPS) is 11.0. The van der Waals surface area contributed by atoms with Crippen molar-refractivity contribution in [1.29, 1.82) is 0 Å². The zero-order valence-electron chi connectivity index (χ0n) is 14.9. The summed E-state index contributed by atoms with van der Waals surface area (Å²) < 4.78 is 0. The second-order valence-electron chi connectivity index (χ2n) is 6.56. The van der Waals surface area contributed by atoms with Gasteiger partial charge in [0.2, 0.25) is 0 Å². The summed E-state index contributed by atoms with van der Waals surface area (Å²) in [6.07, 6.45) is 0.238. The van der Waals surface area contributed by atoms with Gasteiger partial charge in [0.1, 0.15) is 0 Å². The molecule has 28 heavy (non-hydrogen) atoms. The predicted octanol–water partition coefficient (Wildman–Crippen LogP) is 4.77. The third kappa shape index (κ3) is 3.07. The van der Waals surface area contributed by atoms with Crippen LogP contribution in [0.2, 0.25) is 0 Å². The van der Waals surface area contributed by atoms with Crippen LogP contribution in [0.1, 0.15) is 22.3 Å². The highest BCUT2D eigenvalue weighted by Gasteiger charge is 2.20. The third-order valence-corrected chi connectivity index (χ3v) is 4.82. The highest BCUT2D eigenvalue weighted by Crippen LogP contribution is 2.36. The van der Waals surface area contributed by atoms with Crippen molar-refractivity contribution < 1.29 is 19.8 Å². The molecule has 138 valence electrons. The van der Waals surface area contributed by atoms with Crippen molar-refractivity contribution in [3.8, 4) is 11.1 Å². The number of nitrogens with zero attached hydrogens (tertiary/aromatic N) is 1. The number of para-hydroxylation sites is 1. The molecule has 0 saturated heterocycles. The highest BCUT2D eigenvalue weighted by molar-refractivity contribution is 6.18. The number of fused-ring (bicyclic) bond motifs is 2. The quantitative estimate of drug-likeness (QED) is 0.493. The average molecular weight is 371 g/mol. The van der Waals surface area contributed by atoms with Crippen LogP contribution in [0.15, 0.2) is 66.7 Å². The summed E-state index contributed by atoms with van der Waals surface area (Å²) in [6, 6.07) is 20.4. The summed E-state index contributed by atoms with van der Waals surface area (Å²) in [6.45, 7) is 0. The minimum Gasteiger partial charge on any atom is -0.481 e. The van der Waals surface area contributed by atoms with Crippen molar-refractivity contribution in [2.45, 2.75) is 12.8 Å². The summed E-state index contributed by atoms with van der Waals surface area (Å²) in [7, 11) is 0. The van der Waals surface area contributed by atoms with Crippen molar-refractivity contribution in [2.24, 2.45) is 0 Å². The molecule has 1 heterocycles. The number of carbonyl (C=O) groups is 2. The molecular weight excluding hydrogens is 354 g/mol. The van der Waals surface area contributed by atoms with E-state index < -0.39 is 11.9 Å². The molecule has 0 radical (unpaired) electrons. The van der Waals surface area contributed by atoms with Crippen LogP contribution in [-0.2, 0) is 11.2 Å². The maximum Gasteiger partial charge on any atom is 0.337 e. The maximum atomic E-state index is 12.3. The number of carboxylic acids is 2. The van der Waals surface area contributed by atoms with Crippen LogP contribution in [0.5, 0.6) is 0 Å². The number of aromatic carboxylic acids is 1. The van der Waals surface area contributed by atoms with E-state index in [2.05, 4.69) is 0 Å². The summed E-state index contributed by atoms with van der Waals surface area (Å²) in [5.74, 6) is -1.93. The first-order valence-electron chi connectivity index (χ1n) is 8.91. The number of benzene rings is 3. The molecule has 0 amide bonds. The third-order valence-electron chi connectivity index (χ3n) is 4.82. The van der Waals surface area contributed by atoms with Crippen LogP contribution in [-0.4, -0.2) is 27.1 Å². The summed E-state index contributed by atoms with van der Waals surface area (Å²) >= 11 is 0. The van der Waals surface area contributed by atoms with Crippen molar-refractivity contribution in [3.63, 3.8) is 0 Å². The van der Waals surface area contributed by atoms with E-state index in [9.17, 15) is 14.7 Å². The molecule has 0 saturated carbocycles. The van der Waals surface area contributed by atoms with Crippen molar-refractivity contribution in [2.75, 3.05) is 0 Å². The number of aliphatic carboxylic acids is 1. The molecule has 0 spiro atoms. The van der Waals surface area contributed by atoms with E-state index in [0.717, 1.165) is 16.7 Å². The molecule has 0 unspecified atom stereocenters. The van der Waals surface area contributed by atoms with E-state index in [1.165, 1.54) is 0 Å². The molecule has 2 N–H and O–H groups in total. The Morgan fingerprint density at radius 2 is 1.57 bits per heavy atom. The number of hydrogen-bond donors (Lipinski definition) is 2. The minimum atomic E-state index is -1.03. The van der Waals surface area contributed by atoms with Gasteiger partial charge in [0.15, 0.2) is 0 Å². The number of aromatic nitrogens is 1. The van der Waals surface area contributed by atoms with Gasteiger partial charge in [0.25, 0.3) is 0 Å². The lowest BCUT2D eigenvalue weighted by molar-refractivity contribution is -0.136. The zero-order chi connectivity index (χ0) is 19.7. The standard InChI is InChI=1S/C23H17NO4/c25-19(26)13-11-15-10-12-16(14-6-2-1-3-7-14)20-21(23(27)28)17-8-4-5-9-18(17)24-22(15)20/h1-10,12H,11,13H2,(H,25,26)(H,27,28). The maximum absolute atomic E-state index is 12.3. The van der Waals surface area contributed by atoms with Crippen LogP contribution >= 0.6 is 0 Å². The topological polar surface area (TPSA) is 87.5 Å². The fourth-order valence-electron chi connectivity index (χ4n) is 3.58. The van der Waals surface area contributed by atoms with Gasteiger partial charge in [-0.1, -0.05) is 60.7 Å². The Hall–Kier alpha value is -3.73. The highest BCUT2D eigenvalue weighted by atomic mass is 16.4. The smallest absolute Gasteiger partial charge is 0.337 e. The first-order valence-corrected chi connectivity index (χ1v) is 8.91. The van der Waals surface area contributed by atoms with Gasteiger partial charge in [-0.2, -0.15) is 0 Å². The van der Waals surface area contributed by atoms with Crippen molar-refractivity contribution >= 4 is 33.7 Å². The lowest BCUT2D eigenvalue weighted by Gasteiger charge is -2.15. The Bertz CT molecular complexity index is 1220. The lowest BCUT2D eigenvalue weighted by Crippen LogP contribution is -2.05. The van der Waals surface area contributed by atoms with Gasteiger partial charge in [-0.15, -0.1) is 0 Å². The minimum absolute atomic E-state index is 0.0449. The Morgan fingerprint density at radius 1 is 0.857 bits per heavy atom. The molecule has 0 aliphatic carbocycles. The number of hydrogen-bond acceptors (Lipinski definition) is 3. The molecule has 0 fully saturated rings. The number of aryl methyl sites for hydroxylation is 1. The number of rotatable bonds is 5. The summed E-state index contributed by atoms with van der Waals surface area (Å²) in [5.41, 5.74) is 3.69. The Morgan fingerprint density at radius 3 is 2.29 bits per heavy atom. The second kappa shape index (κ2) is 7.12. The van der Waals surface area contributed by atoms with Gasteiger partial charge in [-0.3, -0.25) is 4.79 Å². The van der Waals surface area contributed by atoms with Gasteiger partial charge >= 0.3 is 11.9 Å². The Balaban J connectivity index is 2.14. The molecule has 0 aliphatic heterocycles.